The maximum absolute atomic E-state index is 13.2. The molecule has 40 heavy (non-hydrogen) atoms. The molecule has 2 aromatic carbocycles. The molecule has 3 atom stereocenters. The van der Waals surface area contributed by atoms with Crippen LogP contribution in [-0.2, 0) is 23.0 Å². The number of hydrogen-bond acceptors (Lipinski definition) is 4. The van der Waals surface area contributed by atoms with Crippen LogP contribution in [0.4, 0.5) is 18.9 Å². The smallest absolute Gasteiger partial charge is 0.387 e. The number of fused-ring (bicyclic) bond motifs is 3. The molecule has 5 nitrogen and oxygen atoms in total. The number of amides is 1. The first-order chi connectivity index (χ1) is 19.1. The fourth-order valence-electron chi connectivity index (χ4n) is 6.70. The van der Waals surface area contributed by atoms with Gasteiger partial charge < -0.3 is 15.2 Å². The Kier molecular flexibility index (Phi) is 8.02. The summed E-state index contributed by atoms with van der Waals surface area (Å²) in [6.45, 7) is 0.157. The van der Waals surface area contributed by atoms with Crippen molar-refractivity contribution in [3.63, 3.8) is 0 Å². The molecule has 1 fully saturated rings. The van der Waals surface area contributed by atoms with Gasteiger partial charge in [-0.1, -0.05) is 36.4 Å². The van der Waals surface area contributed by atoms with Crippen molar-refractivity contribution in [1.82, 2.24) is 4.98 Å². The first kappa shape index (κ1) is 28.3. The molecule has 0 radical (unpaired) electrons. The number of hydrogen-bond donors (Lipinski definition) is 2. The van der Waals surface area contributed by atoms with Crippen LogP contribution in [0.5, 0.6) is 0 Å². The summed E-state index contributed by atoms with van der Waals surface area (Å²) in [5, 5.41) is 14.3. The number of benzene rings is 2. The van der Waals surface area contributed by atoms with Gasteiger partial charge in [0.25, 0.3) is 5.91 Å². The lowest BCUT2D eigenvalue weighted by atomic mass is 9.56. The van der Waals surface area contributed by atoms with Crippen LogP contribution in [0.25, 0.3) is 0 Å². The summed E-state index contributed by atoms with van der Waals surface area (Å²) in [6, 6.07) is 19.7. The molecule has 0 spiro atoms. The van der Waals surface area contributed by atoms with Crippen LogP contribution in [0, 0.1) is 12.8 Å². The molecule has 5 rings (SSSR count). The summed E-state index contributed by atoms with van der Waals surface area (Å²) < 4.78 is 43.1. The Labute approximate surface area is 232 Å². The van der Waals surface area contributed by atoms with E-state index < -0.39 is 18.4 Å². The van der Waals surface area contributed by atoms with Crippen molar-refractivity contribution < 1.29 is 27.8 Å². The summed E-state index contributed by atoms with van der Waals surface area (Å²) in [6.07, 6.45) is 1.83. The second kappa shape index (κ2) is 11.3. The van der Waals surface area contributed by atoms with Gasteiger partial charge in [-0.2, -0.15) is 13.2 Å². The molecule has 212 valence electrons. The molecule has 0 unspecified atom stereocenters. The van der Waals surface area contributed by atoms with E-state index in [0.29, 0.717) is 30.5 Å². The van der Waals surface area contributed by atoms with E-state index in [4.69, 9.17) is 4.74 Å². The second-order valence-corrected chi connectivity index (χ2v) is 11.4. The monoisotopic (exact) mass is 552 g/mol. The van der Waals surface area contributed by atoms with Crippen LogP contribution in [0.2, 0.25) is 0 Å². The zero-order valence-corrected chi connectivity index (χ0v) is 22.6. The number of halogens is 3. The van der Waals surface area contributed by atoms with Crippen LogP contribution in [0.3, 0.4) is 0 Å². The molecular formula is C32H35F3N2O3. The predicted molar refractivity (Wildman–Crippen MR) is 147 cm³/mol. The van der Waals surface area contributed by atoms with Gasteiger partial charge in [-0.25, -0.2) is 0 Å². The van der Waals surface area contributed by atoms with Gasteiger partial charge in [-0.3, -0.25) is 9.78 Å². The number of aliphatic hydroxyl groups is 1. The molecule has 2 N–H and O–H groups in total. The minimum Gasteiger partial charge on any atom is -0.387 e. The number of alkyl halides is 3. The molecule has 2 aliphatic carbocycles. The van der Waals surface area contributed by atoms with Crippen molar-refractivity contribution in [2.75, 3.05) is 18.5 Å². The van der Waals surface area contributed by atoms with Gasteiger partial charge in [0.15, 0.2) is 0 Å². The van der Waals surface area contributed by atoms with E-state index in [1.165, 1.54) is 11.1 Å². The number of nitrogens with one attached hydrogen (secondary N) is 1. The Morgan fingerprint density at radius 3 is 2.67 bits per heavy atom. The van der Waals surface area contributed by atoms with Crippen LogP contribution >= 0.6 is 0 Å². The topological polar surface area (TPSA) is 71.5 Å². The predicted octanol–water partition coefficient (Wildman–Crippen LogP) is 6.57. The molecule has 3 aromatic rings. The lowest BCUT2D eigenvalue weighted by Crippen LogP contribution is -2.51. The van der Waals surface area contributed by atoms with Crippen molar-refractivity contribution in [2.24, 2.45) is 5.92 Å². The van der Waals surface area contributed by atoms with Gasteiger partial charge in [-0.15, -0.1) is 0 Å². The van der Waals surface area contributed by atoms with E-state index in [0.717, 1.165) is 36.9 Å². The quantitative estimate of drug-likeness (QED) is 0.348. The highest BCUT2D eigenvalue weighted by molar-refractivity contribution is 6.04. The number of nitrogens with zero attached hydrogens (tertiary/aromatic N) is 1. The number of ether oxygens (including phenoxy) is 1. The minimum absolute atomic E-state index is 0.0555. The largest absolute Gasteiger partial charge is 0.411 e. The maximum atomic E-state index is 13.2. The molecule has 1 heterocycles. The molecule has 0 aliphatic heterocycles. The van der Waals surface area contributed by atoms with E-state index in [9.17, 15) is 23.1 Å². The van der Waals surface area contributed by atoms with E-state index >= 15 is 0 Å². The Bertz CT molecular complexity index is 1350. The van der Waals surface area contributed by atoms with Crippen molar-refractivity contribution in [3.05, 3.63) is 94.8 Å². The standard InChI is InChI=1S/C32H35F3N2O3/c1-22-28(11-6-16-36-22)37-29(38)25-12-13-27-24(17-25)9-5-10-26-19-30(39,20-40-21-32(33,34)35)14-15-31(26,27)18-23-7-3-2-4-8-23/h2-4,6-8,11-13,16-17,26,39H,5,9-10,14-15,18-21H2,1H3,(H,37,38)/t26-,30+,31-/m1/s1. The van der Waals surface area contributed by atoms with Crippen molar-refractivity contribution >= 4 is 11.6 Å². The molecule has 0 saturated heterocycles. The van der Waals surface area contributed by atoms with Crippen molar-refractivity contribution in [1.29, 1.82) is 0 Å². The average molecular weight is 553 g/mol. The van der Waals surface area contributed by atoms with Crippen LogP contribution in [0.1, 0.15) is 64.8 Å². The third kappa shape index (κ3) is 6.23. The number of aromatic nitrogens is 1. The first-order valence-corrected chi connectivity index (χ1v) is 13.8. The highest BCUT2D eigenvalue weighted by atomic mass is 19.4. The Hall–Kier alpha value is -3.23. The van der Waals surface area contributed by atoms with Gasteiger partial charge in [0, 0.05) is 17.2 Å². The van der Waals surface area contributed by atoms with Gasteiger partial charge in [-0.05, 0) is 98.7 Å². The van der Waals surface area contributed by atoms with E-state index in [-0.39, 0.29) is 23.8 Å². The number of pyridine rings is 1. The van der Waals surface area contributed by atoms with Gasteiger partial charge in [0.2, 0.25) is 0 Å². The fraction of sp³-hybridized carbons (Fsp3) is 0.438. The van der Waals surface area contributed by atoms with Crippen LogP contribution < -0.4 is 5.32 Å². The molecular weight excluding hydrogens is 517 g/mol. The van der Waals surface area contributed by atoms with Gasteiger partial charge >= 0.3 is 6.18 Å². The molecule has 0 bridgehead atoms. The summed E-state index contributed by atoms with van der Waals surface area (Å²) in [4.78, 5) is 17.4. The Balaban J connectivity index is 1.46. The summed E-state index contributed by atoms with van der Waals surface area (Å²) in [5.41, 5.74) is 3.84. The zero-order chi connectivity index (χ0) is 28.4. The highest BCUT2D eigenvalue weighted by Crippen LogP contribution is 2.53. The second-order valence-electron chi connectivity index (χ2n) is 11.4. The third-order valence-electron chi connectivity index (χ3n) is 8.60. The number of carbonyl (C=O) groups excluding carboxylic acids is 1. The molecule has 1 saturated carbocycles. The average Bonchev–Trinajstić information content (AvgIpc) is 3.06. The Morgan fingerprint density at radius 1 is 1.12 bits per heavy atom. The van der Waals surface area contributed by atoms with Gasteiger partial charge in [0.05, 0.1) is 23.6 Å². The molecule has 1 amide bonds. The maximum Gasteiger partial charge on any atom is 0.411 e. The fourth-order valence-corrected chi connectivity index (χ4v) is 6.70. The SMILES string of the molecule is Cc1ncccc1NC(=O)c1ccc2c(c1)CCC[C@@H]1C[C@](O)(COCC(F)(F)F)CC[C@]21Cc1ccccc1. The minimum atomic E-state index is -4.43. The highest BCUT2D eigenvalue weighted by Gasteiger charge is 2.51. The van der Waals surface area contributed by atoms with Crippen LogP contribution in [-0.4, -0.2) is 41.0 Å². The van der Waals surface area contributed by atoms with Crippen molar-refractivity contribution in [3.8, 4) is 0 Å². The molecule has 2 aliphatic rings. The molecule has 8 heteroatoms. The van der Waals surface area contributed by atoms with E-state index in [2.05, 4.69) is 28.5 Å². The lowest BCUT2D eigenvalue weighted by Gasteiger charge is -2.50. The summed E-state index contributed by atoms with van der Waals surface area (Å²) in [7, 11) is 0. The molecule has 1 aromatic heterocycles. The zero-order valence-electron chi connectivity index (χ0n) is 22.6. The van der Waals surface area contributed by atoms with Crippen molar-refractivity contribution in [2.45, 2.75) is 69.1 Å². The summed E-state index contributed by atoms with van der Waals surface area (Å²) >= 11 is 0. The number of anilines is 1. The first-order valence-electron chi connectivity index (χ1n) is 13.8. The number of rotatable bonds is 7. The lowest BCUT2D eigenvalue weighted by molar-refractivity contribution is -0.192. The van der Waals surface area contributed by atoms with E-state index in [1.54, 1.807) is 12.3 Å². The Morgan fingerprint density at radius 2 is 1.93 bits per heavy atom. The number of carbonyl (C=O) groups is 1. The third-order valence-corrected chi connectivity index (χ3v) is 8.60. The summed E-state index contributed by atoms with van der Waals surface area (Å²) in [5.74, 6) is -0.142. The van der Waals surface area contributed by atoms with E-state index in [1.807, 2.05) is 43.3 Å². The normalized spacial score (nSPS) is 24.5. The van der Waals surface area contributed by atoms with Gasteiger partial charge in [0.1, 0.15) is 6.61 Å². The number of aryl methyl sites for hydroxylation is 2. The van der Waals surface area contributed by atoms with Crippen LogP contribution in [0.15, 0.2) is 66.9 Å².